The number of hydrogen-bond acceptors (Lipinski definition) is 2. The molecule has 0 aliphatic carbocycles. The molecule has 2 saturated heterocycles. The number of piperidine rings is 1. The van der Waals surface area contributed by atoms with Gasteiger partial charge in [-0.25, -0.2) is 0 Å². The van der Waals surface area contributed by atoms with Crippen molar-refractivity contribution in [2.75, 3.05) is 26.2 Å². The summed E-state index contributed by atoms with van der Waals surface area (Å²) < 4.78 is 0. The van der Waals surface area contributed by atoms with E-state index < -0.39 is 0 Å². The van der Waals surface area contributed by atoms with E-state index in [1.54, 1.807) is 0 Å². The minimum atomic E-state index is 0.403. The topological polar surface area (TPSA) is 6.48 Å². The highest BCUT2D eigenvalue weighted by Gasteiger charge is 2.23. The van der Waals surface area contributed by atoms with E-state index in [0.717, 1.165) is 0 Å². The van der Waals surface area contributed by atoms with Crippen LogP contribution < -0.4 is 0 Å². The molecule has 2 fully saturated rings. The molecule has 0 radical (unpaired) electrons. The van der Waals surface area contributed by atoms with Crippen molar-refractivity contribution in [2.24, 2.45) is 0 Å². The van der Waals surface area contributed by atoms with E-state index in [1.165, 1.54) is 58.3 Å². The average molecular weight is 268 g/mol. The first kappa shape index (κ1) is 17.0. The van der Waals surface area contributed by atoms with Crippen molar-refractivity contribution in [3.8, 4) is 0 Å². The quantitative estimate of drug-likeness (QED) is 0.651. The maximum Gasteiger partial charge on any atom is 0.0125 e. The van der Waals surface area contributed by atoms with Crippen LogP contribution >= 0.6 is 0 Å². The summed E-state index contributed by atoms with van der Waals surface area (Å²) in [5.41, 5.74) is 0.816. The van der Waals surface area contributed by atoms with Crippen LogP contribution in [0.3, 0.4) is 0 Å². The molecule has 2 nitrogen and oxygen atoms in total. The minimum Gasteiger partial charge on any atom is -0.298 e. The van der Waals surface area contributed by atoms with Gasteiger partial charge in [-0.3, -0.25) is 9.80 Å². The van der Waals surface area contributed by atoms with E-state index in [4.69, 9.17) is 0 Å². The van der Waals surface area contributed by atoms with Crippen LogP contribution in [0.5, 0.6) is 0 Å². The summed E-state index contributed by atoms with van der Waals surface area (Å²) in [6.45, 7) is 19.0. The molecular formula is C17H36N2. The molecule has 114 valence electrons. The van der Waals surface area contributed by atoms with Gasteiger partial charge in [-0.05, 0) is 93.4 Å². The zero-order valence-corrected chi connectivity index (χ0v) is 14.3. The molecule has 0 amide bonds. The van der Waals surface area contributed by atoms with Gasteiger partial charge in [-0.15, -0.1) is 0 Å². The first-order valence-corrected chi connectivity index (χ1v) is 8.21. The molecule has 0 aromatic rings. The molecule has 0 bridgehead atoms. The van der Waals surface area contributed by atoms with E-state index in [1.807, 2.05) is 0 Å². The molecule has 2 heterocycles. The third kappa shape index (κ3) is 6.27. The molecule has 0 atom stereocenters. The van der Waals surface area contributed by atoms with Crippen molar-refractivity contribution >= 4 is 0 Å². The number of likely N-dealkylation sites (tertiary alicyclic amines) is 2. The molecule has 2 rings (SSSR count). The van der Waals surface area contributed by atoms with Crippen LogP contribution in [-0.2, 0) is 0 Å². The highest BCUT2D eigenvalue weighted by Crippen LogP contribution is 2.19. The zero-order valence-electron chi connectivity index (χ0n) is 14.3. The summed E-state index contributed by atoms with van der Waals surface area (Å²) in [6, 6.07) is 0. The lowest BCUT2D eigenvalue weighted by atomic mass is 10.0. The van der Waals surface area contributed by atoms with E-state index in [-0.39, 0.29) is 0 Å². The van der Waals surface area contributed by atoms with Crippen molar-refractivity contribution in [1.29, 1.82) is 0 Å². The Morgan fingerprint density at radius 2 is 0.737 bits per heavy atom. The van der Waals surface area contributed by atoms with Crippen LogP contribution in [0.2, 0.25) is 0 Å². The lowest BCUT2D eigenvalue weighted by Crippen LogP contribution is -2.44. The third-order valence-corrected chi connectivity index (χ3v) is 4.36. The smallest absolute Gasteiger partial charge is 0.0125 e. The van der Waals surface area contributed by atoms with Crippen molar-refractivity contribution in [1.82, 2.24) is 9.80 Å². The molecular weight excluding hydrogens is 232 g/mol. The summed E-state index contributed by atoms with van der Waals surface area (Å²) in [4.78, 5) is 5.13. The van der Waals surface area contributed by atoms with Crippen molar-refractivity contribution in [2.45, 2.75) is 84.7 Å². The third-order valence-electron chi connectivity index (χ3n) is 4.36. The molecule has 2 aliphatic rings. The molecule has 0 saturated carbocycles. The van der Waals surface area contributed by atoms with Gasteiger partial charge in [0, 0.05) is 11.1 Å². The van der Waals surface area contributed by atoms with Gasteiger partial charge in [0.15, 0.2) is 0 Å². The fourth-order valence-corrected chi connectivity index (χ4v) is 2.95. The van der Waals surface area contributed by atoms with Crippen molar-refractivity contribution in [3.63, 3.8) is 0 Å². The van der Waals surface area contributed by atoms with Crippen LogP contribution in [-0.4, -0.2) is 47.1 Å². The summed E-state index contributed by atoms with van der Waals surface area (Å²) in [6.07, 6.45) is 7.04. The Kier molecular flexibility index (Phi) is 6.32. The number of rotatable bonds is 0. The fraction of sp³-hybridized carbons (Fsp3) is 1.00. The molecule has 0 aromatic heterocycles. The monoisotopic (exact) mass is 268 g/mol. The molecule has 0 N–H and O–H groups in total. The maximum atomic E-state index is 2.58. The molecule has 19 heavy (non-hydrogen) atoms. The molecule has 2 aliphatic heterocycles. The van der Waals surface area contributed by atoms with Gasteiger partial charge in [-0.1, -0.05) is 6.42 Å². The van der Waals surface area contributed by atoms with E-state index in [9.17, 15) is 0 Å². The van der Waals surface area contributed by atoms with Crippen molar-refractivity contribution in [3.05, 3.63) is 0 Å². The highest BCUT2D eigenvalue weighted by atomic mass is 15.2. The predicted molar refractivity (Wildman–Crippen MR) is 85.7 cm³/mol. The molecule has 0 spiro atoms. The lowest BCUT2D eigenvalue weighted by Gasteiger charge is -2.38. The Labute approximate surface area is 121 Å². The van der Waals surface area contributed by atoms with Gasteiger partial charge >= 0.3 is 0 Å². The summed E-state index contributed by atoms with van der Waals surface area (Å²) in [7, 11) is 0. The van der Waals surface area contributed by atoms with Crippen LogP contribution in [0.1, 0.15) is 73.6 Å². The van der Waals surface area contributed by atoms with Gasteiger partial charge in [0.2, 0.25) is 0 Å². The summed E-state index contributed by atoms with van der Waals surface area (Å²) in [5.74, 6) is 0. The largest absolute Gasteiger partial charge is 0.298 e. The number of hydrogen-bond donors (Lipinski definition) is 0. The van der Waals surface area contributed by atoms with E-state index >= 15 is 0 Å². The van der Waals surface area contributed by atoms with E-state index in [2.05, 4.69) is 51.3 Å². The Morgan fingerprint density at radius 1 is 0.474 bits per heavy atom. The molecule has 0 unspecified atom stereocenters. The second-order valence-electron chi connectivity index (χ2n) is 8.08. The minimum absolute atomic E-state index is 0.403. The van der Waals surface area contributed by atoms with Gasteiger partial charge < -0.3 is 0 Å². The average Bonchev–Trinajstić information content (AvgIpc) is 2.83. The van der Waals surface area contributed by atoms with Gasteiger partial charge in [0.05, 0.1) is 0 Å². The van der Waals surface area contributed by atoms with Gasteiger partial charge in [0.1, 0.15) is 0 Å². The van der Waals surface area contributed by atoms with Crippen molar-refractivity contribution < 1.29 is 0 Å². The maximum absolute atomic E-state index is 2.58. The Balaban J connectivity index is 0.000000191. The van der Waals surface area contributed by atoms with Crippen LogP contribution in [0.25, 0.3) is 0 Å². The Bertz CT molecular complexity index is 235. The first-order valence-electron chi connectivity index (χ1n) is 8.21. The van der Waals surface area contributed by atoms with Gasteiger partial charge in [-0.2, -0.15) is 0 Å². The number of nitrogens with zero attached hydrogens (tertiary/aromatic N) is 2. The SMILES string of the molecule is CC(C)(C)N1CCCC1.CC(C)(C)N1CCCCC1. The predicted octanol–water partition coefficient (Wildman–Crippen LogP) is 4.15. The fourth-order valence-electron chi connectivity index (χ4n) is 2.95. The lowest BCUT2D eigenvalue weighted by molar-refractivity contribution is 0.111. The summed E-state index contributed by atoms with van der Waals surface area (Å²) in [5, 5.41) is 0. The van der Waals surface area contributed by atoms with Gasteiger partial charge in [0.25, 0.3) is 0 Å². The Hall–Kier alpha value is -0.0800. The normalized spacial score (nSPS) is 23.1. The van der Waals surface area contributed by atoms with Crippen LogP contribution in [0.15, 0.2) is 0 Å². The molecule has 0 aromatic carbocycles. The van der Waals surface area contributed by atoms with Crippen LogP contribution in [0.4, 0.5) is 0 Å². The Morgan fingerprint density at radius 3 is 0.947 bits per heavy atom. The highest BCUT2D eigenvalue weighted by molar-refractivity contribution is 4.79. The summed E-state index contributed by atoms with van der Waals surface area (Å²) >= 11 is 0. The first-order chi connectivity index (χ1) is 8.71. The second-order valence-corrected chi connectivity index (χ2v) is 8.08. The van der Waals surface area contributed by atoms with Crippen LogP contribution in [0, 0.1) is 0 Å². The second kappa shape index (κ2) is 7.08. The standard InChI is InChI=1S/C9H19N.C8H17N/c1-9(2,3)10-7-5-4-6-8-10;1-8(2,3)9-6-4-5-7-9/h4-8H2,1-3H3;4-7H2,1-3H3. The molecule has 2 heteroatoms. The zero-order chi connectivity index (χ0) is 14.5. The van der Waals surface area contributed by atoms with E-state index in [0.29, 0.717) is 11.1 Å².